The van der Waals surface area contributed by atoms with Crippen LogP contribution in [-0.2, 0) is 24.1 Å². The number of carbonyl (C=O) groups is 2. The molecule has 2 aromatic heterocycles. The summed E-state index contributed by atoms with van der Waals surface area (Å²) in [6.07, 6.45) is 9.66. The Morgan fingerprint density at radius 2 is 1.93 bits per heavy atom. The Bertz CT molecular complexity index is 1610. The molecule has 1 atom stereocenters. The molecule has 0 unspecified atom stereocenters. The van der Waals surface area contributed by atoms with Gasteiger partial charge in [0.1, 0.15) is 0 Å². The zero-order chi connectivity index (χ0) is 29.5. The van der Waals surface area contributed by atoms with Gasteiger partial charge in [-0.25, -0.2) is 18.4 Å². The van der Waals surface area contributed by atoms with Crippen LogP contribution in [0.2, 0.25) is 0 Å². The first kappa shape index (κ1) is 28.4. The minimum atomic E-state index is -3.97. The Morgan fingerprint density at radius 1 is 1.14 bits per heavy atom. The van der Waals surface area contributed by atoms with E-state index in [0.717, 1.165) is 25.9 Å². The molecule has 1 saturated carbocycles. The molecule has 0 bridgehead atoms. The highest BCUT2D eigenvalue weighted by Crippen LogP contribution is 2.54. The van der Waals surface area contributed by atoms with E-state index in [1.807, 2.05) is 11.3 Å². The van der Waals surface area contributed by atoms with Crippen molar-refractivity contribution in [2.45, 2.75) is 50.5 Å². The average Bonchev–Trinajstić information content (AvgIpc) is 3.54. The van der Waals surface area contributed by atoms with Crippen LogP contribution in [0, 0.1) is 5.41 Å². The number of aromatic nitrogens is 3. The van der Waals surface area contributed by atoms with Crippen LogP contribution < -0.4 is 15.1 Å². The molecule has 1 aromatic carbocycles. The minimum Gasteiger partial charge on any atom is -0.465 e. The van der Waals surface area contributed by atoms with Gasteiger partial charge >= 0.3 is 5.97 Å². The molecule has 224 valence electrons. The zero-order valence-electron chi connectivity index (χ0n) is 23.9. The number of anilines is 3. The second-order valence-corrected chi connectivity index (χ2v) is 13.4. The van der Waals surface area contributed by atoms with Crippen LogP contribution in [0.4, 0.5) is 17.3 Å². The smallest absolute Gasteiger partial charge is 0.321 e. The topological polar surface area (TPSA) is 135 Å². The predicted molar refractivity (Wildman–Crippen MR) is 157 cm³/mol. The maximum Gasteiger partial charge on any atom is 0.321 e. The van der Waals surface area contributed by atoms with Crippen LogP contribution >= 0.6 is 0 Å². The molecule has 3 fully saturated rings. The number of amides is 1. The lowest BCUT2D eigenvalue weighted by Gasteiger charge is -2.35. The fraction of sp³-hybridized carbons (Fsp3) is 0.517. The van der Waals surface area contributed by atoms with E-state index in [2.05, 4.69) is 20.1 Å². The van der Waals surface area contributed by atoms with Gasteiger partial charge in [-0.2, -0.15) is 0 Å². The van der Waals surface area contributed by atoms with Crippen molar-refractivity contribution in [3.05, 3.63) is 42.4 Å². The highest BCUT2D eigenvalue weighted by Gasteiger charge is 2.44. The Kier molecular flexibility index (Phi) is 7.56. The van der Waals surface area contributed by atoms with Crippen molar-refractivity contribution < 1.29 is 27.5 Å². The van der Waals surface area contributed by atoms with E-state index >= 15 is 0 Å². The Balaban J connectivity index is 1.31. The van der Waals surface area contributed by atoms with Crippen molar-refractivity contribution >= 4 is 44.7 Å². The van der Waals surface area contributed by atoms with Gasteiger partial charge in [0.15, 0.2) is 32.9 Å². The third-order valence-corrected chi connectivity index (χ3v) is 10.0. The van der Waals surface area contributed by atoms with Crippen LogP contribution in [0.5, 0.6) is 0 Å². The number of nitrogens with zero attached hydrogens (tertiary/aromatic N) is 5. The number of carbonyl (C=O) groups excluding carboxylic acids is 2. The normalized spacial score (nSPS) is 20.1. The molecular formula is C29H36N6O6S. The van der Waals surface area contributed by atoms with Crippen molar-refractivity contribution in [3.63, 3.8) is 0 Å². The summed E-state index contributed by atoms with van der Waals surface area (Å²) in [4.78, 5) is 39.2. The third-order valence-electron chi connectivity index (χ3n) is 8.45. The van der Waals surface area contributed by atoms with Crippen molar-refractivity contribution in [2.75, 3.05) is 60.3 Å². The Labute approximate surface area is 244 Å². The summed E-state index contributed by atoms with van der Waals surface area (Å²) in [7, 11) is -3.97. The van der Waals surface area contributed by atoms with Gasteiger partial charge in [0.2, 0.25) is 0 Å². The molecule has 12 nitrogen and oxygen atoms in total. The van der Waals surface area contributed by atoms with E-state index in [1.54, 1.807) is 25.5 Å². The van der Waals surface area contributed by atoms with Gasteiger partial charge in [0, 0.05) is 38.6 Å². The molecule has 1 amide bonds. The third kappa shape index (κ3) is 5.80. The molecule has 1 N–H and O–H groups in total. The summed E-state index contributed by atoms with van der Waals surface area (Å²) in [5, 5.41) is 2.94. The molecule has 0 radical (unpaired) electrons. The molecule has 6 rings (SSSR count). The van der Waals surface area contributed by atoms with Gasteiger partial charge < -0.3 is 29.0 Å². The molecule has 2 saturated heterocycles. The molecule has 1 spiro atoms. The fourth-order valence-electron chi connectivity index (χ4n) is 5.88. The first-order valence-electron chi connectivity index (χ1n) is 14.5. The number of piperidine rings is 1. The lowest BCUT2D eigenvalue weighted by atomic mass is 9.93. The average molecular weight is 597 g/mol. The number of nitrogens with one attached hydrogen (secondary N) is 1. The summed E-state index contributed by atoms with van der Waals surface area (Å²) >= 11 is 0. The molecule has 1 aliphatic carbocycles. The largest absolute Gasteiger partial charge is 0.465 e. The van der Waals surface area contributed by atoms with Gasteiger partial charge in [-0.3, -0.25) is 9.59 Å². The van der Waals surface area contributed by atoms with Gasteiger partial charge in [-0.15, -0.1) is 0 Å². The Morgan fingerprint density at radius 3 is 2.64 bits per heavy atom. The number of imidazole rings is 1. The maximum absolute atomic E-state index is 13.8. The summed E-state index contributed by atoms with van der Waals surface area (Å²) in [5.41, 5.74) is 1.94. The molecule has 13 heteroatoms. The highest BCUT2D eigenvalue weighted by molar-refractivity contribution is 7.92. The quantitative estimate of drug-likeness (QED) is 0.387. The number of fused-ring (bicyclic) bond motifs is 1. The second kappa shape index (κ2) is 11.2. The van der Waals surface area contributed by atoms with Gasteiger partial charge in [0.05, 0.1) is 41.7 Å². The number of hydrogen-bond donors (Lipinski definition) is 1. The maximum atomic E-state index is 13.8. The molecular weight excluding hydrogens is 560 g/mol. The van der Waals surface area contributed by atoms with E-state index < -0.39 is 27.5 Å². The summed E-state index contributed by atoms with van der Waals surface area (Å²) < 4.78 is 38.6. The summed E-state index contributed by atoms with van der Waals surface area (Å²) in [5.74, 6) is -0.966. The van der Waals surface area contributed by atoms with Crippen molar-refractivity contribution in [1.82, 2.24) is 14.4 Å². The number of esters is 1. The van der Waals surface area contributed by atoms with Crippen molar-refractivity contribution in [3.8, 4) is 0 Å². The molecule has 42 heavy (non-hydrogen) atoms. The summed E-state index contributed by atoms with van der Waals surface area (Å²) in [6.45, 7) is 7.04. The van der Waals surface area contributed by atoms with Crippen LogP contribution in [0.1, 0.15) is 49.9 Å². The van der Waals surface area contributed by atoms with Gasteiger partial charge in [-0.1, -0.05) is 0 Å². The van der Waals surface area contributed by atoms with E-state index in [0.29, 0.717) is 53.6 Å². The van der Waals surface area contributed by atoms with Crippen molar-refractivity contribution in [1.29, 1.82) is 0 Å². The number of hydrogen-bond acceptors (Lipinski definition) is 10. The zero-order valence-corrected chi connectivity index (χ0v) is 24.7. The monoisotopic (exact) mass is 596 g/mol. The van der Waals surface area contributed by atoms with E-state index in [4.69, 9.17) is 14.5 Å². The molecule has 3 aliphatic rings. The first-order chi connectivity index (χ1) is 20.2. The Hall–Kier alpha value is -3.71. The minimum absolute atomic E-state index is 0.0181. The van der Waals surface area contributed by atoms with E-state index in [-0.39, 0.29) is 17.6 Å². The standard InChI is InChI=1S/C29H36N6O6S/c1-3-40-25(36)19-42(38,39)21-4-5-22(23(16-21)33-11-8-29(6-7-29)9-12-33)28(37)32-24-18-34-13-10-30-26(34)27(31-24)35-14-15-41-20(2)17-35/h4-5,10,13,16,18,20H,3,6-9,11-12,14-15,17,19H2,1-2H3,(H,32,37)/t20-/m1/s1. The number of benzene rings is 1. The molecule has 2 aliphatic heterocycles. The lowest BCUT2D eigenvalue weighted by Crippen LogP contribution is -2.41. The van der Waals surface area contributed by atoms with Crippen molar-refractivity contribution in [2.24, 2.45) is 5.41 Å². The highest BCUT2D eigenvalue weighted by atomic mass is 32.2. The SMILES string of the molecule is CCOC(=O)CS(=O)(=O)c1ccc(C(=O)Nc2cn3ccnc3c(N3CCO[C@H](C)C3)n2)c(N2CCC3(CC2)CC3)c1. The van der Waals surface area contributed by atoms with E-state index in [1.165, 1.54) is 31.0 Å². The molecule has 3 aromatic rings. The first-order valence-corrected chi connectivity index (χ1v) is 16.1. The number of rotatable bonds is 8. The summed E-state index contributed by atoms with van der Waals surface area (Å²) in [6, 6.07) is 4.41. The van der Waals surface area contributed by atoms with E-state index in [9.17, 15) is 18.0 Å². The number of sulfone groups is 1. The van der Waals surface area contributed by atoms with Crippen LogP contribution in [-0.4, -0.2) is 85.9 Å². The lowest BCUT2D eigenvalue weighted by molar-refractivity contribution is -0.139. The van der Waals surface area contributed by atoms with Crippen LogP contribution in [0.25, 0.3) is 5.65 Å². The second-order valence-electron chi connectivity index (χ2n) is 11.4. The number of morpholine rings is 1. The fourth-order valence-corrected chi connectivity index (χ4v) is 7.01. The van der Waals surface area contributed by atoms with Crippen LogP contribution in [0.15, 0.2) is 41.7 Å². The van der Waals surface area contributed by atoms with Gasteiger partial charge in [0.25, 0.3) is 5.91 Å². The van der Waals surface area contributed by atoms with Gasteiger partial charge in [-0.05, 0) is 63.1 Å². The predicted octanol–water partition coefficient (Wildman–Crippen LogP) is 2.92. The molecule has 4 heterocycles. The van der Waals surface area contributed by atoms with Crippen LogP contribution in [0.3, 0.4) is 0 Å². The number of ether oxygens (including phenoxy) is 2.